The predicted octanol–water partition coefficient (Wildman–Crippen LogP) is 5.52. The van der Waals surface area contributed by atoms with Crippen molar-refractivity contribution in [1.29, 1.82) is 0 Å². The number of likely N-dealkylation sites (tertiary alicyclic amines) is 1. The normalized spacial score (nSPS) is 38.9. The maximum absolute atomic E-state index is 12.6. The van der Waals surface area contributed by atoms with Gasteiger partial charge in [-0.3, -0.25) is 4.98 Å². The molecule has 1 amide bonds. The summed E-state index contributed by atoms with van der Waals surface area (Å²) in [6.45, 7) is 1.18. The van der Waals surface area contributed by atoms with Gasteiger partial charge in [-0.15, -0.1) is 0 Å². The molecule has 4 aliphatic carbocycles. The van der Waals surface area contributed by atoms with E-state index < -0.39 is 11.9 Å². The van der Waals surface area contributed by atoms with E-state index in [1.807, 2.05) is 24.3 Å². The van der Waals surface area contributed by atoms with Gasteiger partial charge < -0.3 is 20.1 Å². The Morgan fingerprint density at radius 3 is 2.64 bits per heavy atom. The Balaban J connectivity index is 1.15. The van der Waals surface area contributed by atoms with E-state index >= 15 is 0 Å². The maximum Gasteiger partial charge on any atom is 0.407 e. The Labute approximate surface area is 215 Å². The topological polar surface area (TPSA) is 93.2 Å². The van der Waals surface area contributed by atoms with Gasteiger partial charge in [0.05, 0.1) is 10.9 Å². The van der Waals surface area contributed by atoms with Crippen molar-refractivity contribution in [3.05, 3.63) is 35.5 Å². The third kappa shape index (κ3) is 3.37. The molecule has 2 saturated heterocycles. The Morgan fingerprint density at radius 2 is 1.94 bits per heavy atom. The summed E-state index contributed by atoms with van der Waals surface area (Å²) in [7, 11) is 0. The molecule has 3 heterocycles. The highest BCUT2D eigenvalue weighted by Gasteiger charge is 2.72. The van der Waals surface area contributed by atoms with Crippen molar-refractivity contribution < 1.29 is 24.4 Å². The molecule has 1 aromatic carbocycles. The fourth-order valence-corrected chi connectivity index (χ4v) is 8.91. The highest BCUT2D eigenvalue weighted by molar-refractivity contribution is 6.31. The highest BCUT2D eigenvalue weighted by Crippen LogP contribution is 2.69. The molecule has 0 radical (unpaired) electrons. The number of carbonyl (C=O) groups is 1. The summed E-state index contributed by atoms with van der Waals surface area (Å²) >= 11 is 6.13. The Bertz CT molecular complexity index is 1160. The molecule has 8 nitrogen and oxygen atoms in total. The number of pyridine rings is 1. The van der Waals surface area contributed by atoms with Crippen molar-refractivity contribution in [2.45, 2.75) is 56.8 Å². The second-order valence-corrected chi connectivity index (χ2v) is 12.0. The number of nitrogens with one attached hydrogen (secondary N) is 1. The number of hydrogen-bond acceptors (Lipinski definition) is 6. The van der Waals surface area contributed by atoms with Crippen LogP contribution in [0, 0.1) is 29.1 Å². The van der Waals surface area contributed by atoms with E-state index in [1.165, 1.54) is 6.42 Å². The van der Waals surface area contributed by atoms with E-state index in [9.17, 15) is 9.90 Å². The van der Waals surface area contributed by atoms with E-state index in [0.717, 1.165) is 54.1 Å². The summed E-state index contributed by atoms with van der Waals surface area (Å²) in [6.07, 6.45) is 7.98. The third-order valence-corrected chi connectivity index (χ3v) is 10.2. The average Bonchev–Trinajstić information content (AvgIpc) is 3.32. The molecule has 2 spiro atoms. The SMILES string of the molecule is O=C(O)N1CC2(C3CC4CC(C3)CC2C4)C2(CC1CCNc1ccnc3cc(Cl)ccc13)OCOO2. The lowest BCUT2D eigenvalue weighted by atomic mass is 9.42. The van der Waals surface area contributed by atoms with Gasteiger partial charge in [0.15, 0.2) is 6.79 Å². The average molecular weight is 514 g/mol. The molecule has 1 aromatic heterocycles. The van der Waals surface area contributed by atoms with Crippen LogP contribution in [0.3, 0.4) is 0 Å². The molecular weight excluding hydrogens is 482 g/mol. The molecule has 2 N–H and O–H groups in total. The van der Waals surface area contributed by atoms with Crippen molar-refractivity contribution in [3.63, 3.8) is 0 Å². The molecule has 9 heteroatoms. The van der Waals surface area contributed by atoms with Crippen LogP contribution >= 0.6 is 11.6 Å². The lowest BCUT2D eigenvalue weighted by Gasteiger charge is -2.67. The zero-order valence-corrected chi connectivity index (χ0v) is 21.0. The number of halogens is 1. The quantitative estimate of drug-likeness (QED) is 0.520. The third-order valence-electron chi connectivity index (χ3n) is 9.96. The van der Waals surface area contributed by atoms with Crippen molar-refractivity contribution in [2.24, 2.45) is 29.1 Å². The van der Waals surface area contributed by atoms with Gasteiger partial charge in [-0.1, -0.05) is 11.6 Å². The minimum Gasteiger partial charge on any atom is -0.465 e. The number of rotatable bonds is 4. The minimum atomic E-state index is -0.869. The van der Waals surface area contributed by atoms with Gasteiger partial charge in [0.25, 0.3) is 0 Å². The number of hydrogen-bond donors (Lipinski definition) is 2. The van der Waals surface area contributed by atoms with Crippen molar-refractivity contribution in [3.8, 4) is 0 Å². The lowest BCUT2D eigenvalue weighted by Crippen LogP contribution is -2.73. The van der Waals surface area contributed by atoms with Crippen LogP contribution in [0.2, 0.25) is 5.02 Å². The van der Waals surface area contributed by atoms with Crippen LogP contribution in [-0.4, -0.2) is 52.8 Å². The van der Waals surface area contributed by atoms with Crippen LogP contribution in [0.25, 0.3) is 10.9 Å². The molecule has 36 heavy (non-hydrogen) atoms. The van der Waals surface area contributed by atoms with Gasteiger partial charge in [-0.05, 0) is 86.5 Å². The van der Waals surface area contributed by atoms with Crippen molar-refractivity contribution in [2.75, 3.05) is 25.2 Å². The number of nitrogens with zero attached hydrogens (tertiary/aromatic N) is 2. The first-order valence-electron chi connectivity index (χ1n) is 13.2. The standard InChI is InChI=1S/C27H32ClN3O5/c28-20-1-2-22-23(4-6-30-24(22)12-20)29-5-3-21-13-27(34-15-35-36-27)26(14-31(21)25(32)33)18-8-16-7-17(10-18)11-19(26)9-16/h1-2,4,6,12,16-19,21H,3,5,7-11,13-15H2,(H,29,30)(H,32,33). The van der Waals surface area contributed by atoms with E-state index in [-0.39, 0.29) is 18.2 Å². The van der Waals surface area contributed by atoms with Crippen LogP contribution in [0.5, 0.6) is 0 Å². The van der Waals surface area contributed by atoms with Gasteiger partial charge >= 0.3 is 6.09 Å². The number of benzene rings is 1. The molecule has 6 fully saturated rings. The van der Waals surface area contributed by atoms with Gasteiger partial charge in [0.1, 0.15) is 0 Å². The molecule has 4 bridgehead atoms. The number of ether oxygens (including phenoxy) is 1. The van der Waals surface area contributed by atoms with Gasteiger partial charge in [0.2, 0.25) is 5.79 Å². The molecule has 6 aliphatic rings. The highest BCUT2D eigenvalue weighted by atomic mass is 35.5. The van der Waals surface area contributed by atoms with Gasteiger partial charge in [-0.2, -0.15) is 4.89 Å². The smallest absolute Gasteiger partial charge is 0.407 e. The van der Waals surface area contributed by atoms with Gasteiger partial charge in [0, 0.05) is 47.8 Å². The Morgan fingerprint density at radius 1 is 1.17 bits per heavy atom. The maximum atomic E-state index is 12.6. The molecule has 4 saturated carbocycles. The van der Waals surface area contributed by atoms with Crippen LogP contribution in [0.4, 0.5) is 10.5 Å². The van der Waals surface area contributed by atoms with Crippen molar-refractivity contribution >= 4 is 34.3 Å². The van der Waals surface area contributed by atoms with E-state index in [0.29, 0.717) is 42.8 Å². The molecular formula is C27H32ClN3O5. The summed E-state index contributed by atoms with van der Waals surface area (Å²) in [6, 6.07) is 7.36. The van der Waals surface area contributed by atoms with E-state index in [4.69, 9.17) is 26.1 Å². The first kappa shape index (κ1) is 23.0. The summed E-state index contributed by atoms with van der Waals surface area (Å²) in [5.41, 5.74) is 1.45. The number of amides is 1. The Kier molecular flexibility index (Phi) is 5.40. The largest absolute Gasteiger partial charge is 0.465 e. The van der Waals surface area contributed by atoms with Gasteiger partial charge in [-0.25, -0.2) is 9.68 Å². The first-order chi connectivity index (χ1) is 17.5. The van der Waals surface area contributed by atoms with Crippen LogP contribution in [-0.2, 0) is 14.5 Å². The number of piperidine rings is 1. The molecule has 2 aliphatic heterocycles. The second kappa shape index (κ2) is 8.45. The summed E-state index contributed by atoms with van der Waals surface area (Å²) in [5.74, 6) is 1.51. The zero-order valence-electron chi connectivity index (χ0n) is 20.2. The monoisotopic (exact) mass is 513 g/mol. The molecule has 2 aromatic rings. The Hall–Kier alpha value is -2.13. The van der Waals surface area contributed by atoms with Crippen LogP contribution in [0.1, 0.15) is 44.9 Å². The van der Waals surface area contributed by atoms with Crippen LogP contribution in [0.15, 0.2) is 30.5 Å². The summed E-state index contributed by atoms with van der Waals surface area (Å²) < 4.78 is 6.35. The van der Waals surface area contributed by atoms with Crippen molar-refractivity contribution in [1.82, 2.24) is 9.88 Å². The summed E-state index contributed by atoms with van der Waals surface area (Å²) in [4.78, 5) is 30.2. The molecule has 2 unspecified atom stereocenters. The van der Waals surface area contributed by atoms with E-state index in [2.05, 4.69) is 10.3 Å². The second-order valence-electron chi connectivity index (χ2n) is 11.6. The number of aromatic nitrogens is 1. The summed E-state index contributed by atoms with van der Waals surface area (Å²) in [5, 5.41) is 15.5. The zero-order chi connectivity index (χ0) is 24.5. The fraction of sp³-hybridized carbons (Fsp3) is 0.630. The fourth-order valence-electron chi connectivity index (χ4n) is 8.75. The molecule has 8 rings (SSSR count). The van der Waals surface area contributed by atoms with Crippen LogP contribution < -0.4 is 5.32 Å². The number of fused-ring (bicyclic) bond motifs is 1. The number of anilines is 1. The minimum absolute atomic E-state index is 0.109. The lowest BCUT2D eigenvalue weighted by molar-refractivity contribution is -0.400. The first-order valence-corrected chi connectivity index (χ1v) is 13.6. The van der Waals surface area contributed by atoms with E-state index in [1.54, 1.807) is 11.1 Å². The number of carboxylic acid groups (broad SMARTS) is 1. The molecule has 192 valence electrons. The molecule has 2 atom stereocenters. The predicted molar refractivity (Wildman–Crippen MR) is 133 cm³/mol.